The van der Waals surface area contributed by atoms with Gasteiger partial charge >= 0.3 is 34.1 Å². The molecular weight excluding hydrogens is 744 g/mol. The summed E-state index contributed by atoms with van der Waals surface area (Å²) in [6.45, 7) is 34.6. The summed E-state index contributed by atoms with van der Waals surface area (Å²) in [4.78, 5) is 13.0. The van der Waals surface area contributed by atoms with Crippen LogP contribution in [0.1, 0.15) is 22.3 Å². The van der Waals surface area contributed by atoms with Crippen molar-refractivity contribution in [1.82, 2.24) is 0 Å². The minimum Gasteiger partial charge on any atom is -0.508 e. The van der Waals surface area contributed by atoms with Gasteiger partial charge in [0.05, 0.1) is 26.3 Å². The first-order valence-corrected chi connectivity index (χ1v) is 15.3. The van der Waals surface area contributed by atoms with Crippen LogP contribution in [0, 0.1) is 54.0 Å². The van der Waals surface area contributed by atoms with Crippen LogP contribution in [0.2, 0.25) is 0 Å². The van der Waals surface area contributed by atoms with E-state index in [2.05, 4.69) is 19.4 Å². The van der Waals surface area contributed by atoms with Crippen molar-refractivity contribution in [1.29, 1.82) is 0 Å². The molecule has 0 fully saturated rings. The molecule has 266 valence electrons. The minimum absolute atomic E-state index is 0. The minimum atomic E-state index is 0. The Labute approximate surface area is 330 Å². The molecule has 6 nitrogen and oxygen atoms in total. The predicted octanol–water partition coefficient (Wildman–Crippen LogP) is 13.0. The number of phenolic OH excluding ortho intramolecular Hbond substituents is 2. The zero-order valence-electron chi connectivity index (χ0n) is 29.3. The van der Waals surface area contributed by atoms with E-state index >= 15 is 0 Å². The van der Waals surface area contributed by atoms with Crippen molar-refractivity contribution in [3.8, 4) is 11.5 Å². The van der Waals surface area contributed by atoms with E-state index in [1.807, 2.05) is 137 Å². The number of hydrogen-bond donors (Lipinski definition) is 2. The predicted molar refractivity (Wildman–Crippen MR) is 206 cm³/mol. The van der Waals surface area contributed by atoms with Crippen molar-refractivity contribution in [2.75, 3.05) is 0 Å². The number of benzene rings is 6. The largest absolute Gasteiger partial charge is 2.00 e. The first kappa shape index (κ1) is 48.0. The normalized spacial score (nSPS) is 8.15. The molecule has 52 heavy (non-hydrogen) atoms. The van der Waals surface area contributed by atoms with Gasteiger partial charge in [-0.3, -0.25) is 0 Å². The number of rotatable bonds is 0. The summed E-state index contributed by atoms with van der Waals surface area (Å²) < 4.78 is 0. The molecule has 6 aromatic carbocycles. The van der Waals surface area contributed by atoms with Crippen molar-refractivity contribution in [2.24, 2.45) is 0 Å². The Hall–Kier alpha value is -6.08. The Morgan fingerprint density at radius 1 is 0.308 bits per heavy atom. The van der Waals surface area contributed by atoms with Gasteiger partial charge in [-0.1, -0.05) is 156 Å². The number of aryl methyl sites for hydroxylation is 4. The van der Waals surface area contributed by atoms with Crippen LogP contribution in [-0.4, -0.2) is 10.2 Å². The van der Waals surface area contributed by atoms with E-state index in [1.54, 1.807) is 48.5 Å². The fourth-order valence-electron chi connectivity index (χ4n) is 3.33. The molecule has 0 saturated heterocycles. The fraction of sp³-hybridized carbons (Fsp3) is 0.0909. The van der Waals surface area contributed by atoms with Crippen LogP contribution in [0.15, 0.2) is 158 Å². The van der Waals surface area contributed by atoms with Crippen LogP contribution in [0.3, 0.4) is 0 Å². The van der Waals surface area contributed by atoms with E-state index in [0.29, 0.717) is 34.2 Å². The van der Waals surface area contributed by atoms with Gasteiger partial charge in [-0.15, -0.1) is 0 Å². The molecule has 0 unspecified atom stereocenters. The Morgan fingerprint density at radius 3 is 0.596 bits per heavy atom. The molecule has 0 aromatic heterocycles. The summed E-state index contributed by atoms with van der Waals surface area (Å²) in [5, 5.41) is 17.3. The Balaban J connectivity index is 0. The van der Waals surface area contributed by atoms with Crippen LogP contribution in [0.5, 0.6) is 11.5 Å². The van der Waals surface area contributed by atoms with Crippen LogP contribution >= 0.6 is 0 Å². The van der Waals surface area contributed by atoms with Crippen molar-refractivity contribution in [3.05, 3.63) is 226 Å². The van der Waals surface area contributed by atoms with Gasteiger partial charge in [0.15, 0.2) is 22.7 Å². The number of hydrogen-bond acceptors (Lipinski definition) is 2. The van der Waals surface area contributed by atoms with E-state index in [-0.39, 0.29) is 34.1 Å². The van der Waals surface area contributed by atoms with E-state index in [0.717, 1.165) is 0 Å². The maximum absolute atomic E-state index is 8.63. The molecule has 6 rings (SSSR count). The van der Waals surface area contributed by atoms with Gasteiger partial charge in [-0.2, -0.15) is 0 Å². The van der Waals surface area contributed by atoms with Gasteiger partial charge in [0.2, 0.25) is 0 Å². The quantitative estimate of drug-likeness (QED) is 0.119. The topological polar surface area (TPSA) is 57.9 Å². The molecule has 0 amide bonds. The SMILES string of the molecule is Oc1ccccc1.Oc1ccccc1.[C-]#[N+]c1ccc(C)cc1.[C-]#[N+]c1ccc(C)cc1.[C-]#[N+]c1ccc(C)cc1.[C-]#[N+]c1ccc(C)cc1.[Cu+2].[Cu+2]. The van der Waals surface area contributed by atoms with E-state index in [1.165, 1.54) is 22.3 Å². The first-order valence-electron chi connectivity index (χ1n) is 15.3. The van der Waals surface area contributed by atoms with Crippen LogP contribution in [0.25, 0.3) is 19.4 Å². The second-order valence-corrected chi connectivity index (χ2v) is 10.5. The number of para-hydroxylation sites is 2. The first-order chi connectivity index (χ1) is 24.1. The van der Waals surface area contributed by atoms with Gasteiger partial charge in [0.1, 0.15) is 11.5 Å². The molecule has 0 atom stereocenters. The molecule has 0 saturated carbocycles. The molecule has 6 aromatic rings. The molecule has 0 heterocycles. The average molecular weight is 784 g/mol. The second kappa shape index (κ2) is 29.8. The zero-order chi connectivity index (χ0) is 37.0. The third-order valence-corrected chi connectivity index (χ3v) is 6.16. The standard InChI is InChI=1S/4C8H7N.2C6H6O.2Cu/c4*1-7-3-5-8(9-2)6-4-7;2*7-6-4-2-1-3-5-6;;/h4*3-6H,1H3;2*1-5,7H;;/q;;;;;;2*+2. The van der Waals surface area contributed by atoms with Gasteiger partial charge in [0.25, 0.3) is 0 Å². The molecule has 0 aliphatic rings. The number of nitrogens with zero attached hydrogens (tertiary/aromatic N) is 4. The number of phenols is 2. The summed E-state index contributed by atoms with van der Waals surface area (Å²) in [6, 6.07) is 47.5. The summed E-state index contributed by atoms with van der Waals surface area (Å²) in [5.41, 5.74) is 7.62. The third kappa shape index (κ3) is 24.1. The molecule has 0 bridgehead atoms. The van der Waals surface area contributed by atoms with E-state index in [9.17, 15) is 0 Å². The molecule has 2 N–H and O–H groups in total. The zero-order valence-corrected chi connectivity index (χ0v) is 31.2. The van der Waals surface area contributed by atoms with Crippen LogP contribution in [0.4, 0.5) is 22.7 Å². The van der Waals surface area contributed by atoms with Gasteiger partial charge in [-0.25, -0.2) is 19.4 Å². The molecule has 0 aliphatic heterocycles. The maximum atomic E-state index is 8.63. The summed E-state index contributed by atoms with van der Waals surface area (Å²) in [6.07, 6.45) is 0. The van der Waals surface area contributed by atoms with Crippen LogP contribution < -0.4 is 0 Å². The van der Waals surface area contributed by atoms with Gasteiger partial charge < -0.3 is 10.2 Å². The van der Waals surface area contributed by atoms with Crippen molar-refractivity contribution >= 4 is 22.7 Å². The number of aromatic hydroxyl groups is 2. The van der Waals surface area contributed by atoms with E-state index in [4.69, 9.17) is 36.5 Å². The summed E-state index contributed by atoms with van der Waals surface area (Å²) >= 11 is 0. The van der Waals surface area contributed by atoms with Gasteiger partial charge in [0, 0.05) is 0 Å². The second-order valence-electron chi connectivity index (χ2n) is 10.5. The Bertz CT molecular complexity index is 1700. The average Bonchev–Trinajstić information content (AvgIpc) is 3.15. The van der Waals surface area contributed by atoms with Gasteiger partial charge in [-0.05, 0) is 52.0 Å². The molecular formula is C44H40Cu2N4O2+4. The molecule has 2 radical (unpaired) electrons. The summed E-state index contributed by atoms with van der Waals surface area (Å²) in [7, 11) is 0. The molecule has 0 aliphatic carbocycles. The molecule has 8 heteroatoms. The molecule has 0 spiro atoms. The Morgan fingerprint density at radius 2 is 0.481 bits per heavy atom. The summed E-state index contributed by atoms with van der Waals surface area (Å²) in [5.74, 6) is 0.644. The van der Waals surface area contributed by atoms with Crippen LogP contribution in [-0.2, 0) is 34.1 Å². The third-order valence-electron chi connectivity index (χ3n) is 6.16. The van der Waals surface area contributed by atoms with Crippen molar-refractivity contribution < 1.29 is 44.4 Å². The van der Waals surface area contributed by atoms with E-state index < -0.39 is 0 Å². The van der Waals surface area contributed by atoms with Crippen molar-refractivity contribution in [2.45, 2.75) is 27.7 Å². The smallest absolute Gasteiger partial charge is 0.508 e. The maximum Gasteiger partial charge on any atom is 2.00 e. The Kier molecular flexibility index (Phi) is 27.5. The fourth-order valence-corrected chi connectivity index (χ4v) is 3.33. The monoisotopic (exact) mass is 782 g/mol. The van der Waals surface area contributed by atoms with Crippen molar-refractivity contribution in [3.63, 3.8) is 0 Å².